The van der Waals surface area contributed by atoms with Gasteiger partial charge in [-0.2, -0.15) is 0 Å². The van der Waals surface area contributed by atoms with Gasteiger partial charge in [0.05, 0.1) is 0 Å². The van der Waals surface area contributed by atoms with Crippen molar-refractivity contribution >= 4 is 22.7 Å². The Morgan fingerprint density at radius 1 is 1.24 bits per heavy atom. The van der Waals surface area contributed by atoms with Gasteiger partial charge in [-0.05, 0) is 25.5 Å². The summed E-state index contributed by atoms with van der Waals surface area (Å²) in [6.45, 7) is 3.50. The molecule has 2 N–H and O–H groups in total. The maximum absolute atomic E-state index is 12.4. The predicted molar refractivity (Wildman–Crippen MR) is 80.8 cm³/mol. The average molecular weight is 285 g/mol. The Morgan fingerprint density at radius 3 is 2.71 bits per heavy atom. The molecule has 0 radical (unpaired) electrons. The highest BCUT2D eigenvalue weighted by molar-refractivity contribution is 5.99. The Kier molecular flexibility index (Phi) is 3.01. The summed E-state index contributed by atoms with van der Waals surface area (Å²) in [5, 5.41) is 3.94. The number of H-pyrrole nitrogens is 1. The normalized spacial score (nSPS) is 21.7. The number of nitrogens with zero attached hydrogens (tertiary/aromatic N) is 1. The summed E-state index contributed by atoms with van der Waals surface area (Å²) in [6, 6.07) is 7.44. The lowest BCUT2D eigenvalue weighted by Crippen LogP contribution is -2.67. The summed E-state index contributed by atoms with van der Waals surface area (Å²) in [5.74, 6) is -0.167. The van der Waals surface area contributed by atoms with Crippen molar-refractivity contribution in [2.75, 3.05) is 7.05 Å². The van der Waals surface area contributed by atoms with Crippen molar-refractivity contribution in [3.63, 3.8) is 0 Å². The largest absolute Gasteiger partial charge is 0.361 e. The van der Waals surface area contributed by atoms with E-state index < -0.39 is 11.6 Å². The van der Waals surface area contributed by atoms with Gasteiger partial charge in [-0.3, -0.25) is 9.59 Å². The van der Waals surface area contributed by atoms with E-state index in [1.807, 2.05) is 30.5 Å². The van der Waals surface area contributed by atoms with Crippen LogP contribution in [0.25, 0.3) is 10.9 Å². The quantitative estimate of drug-likeness (QED) is 0.877. The minimum absolute atomic E-state index is 0.0510. The van der Waals surface area contributed by atoms with Crippen LogP contribution in [0.15, 0.2) is 30.5 Å². The molecule has 0 bridgehead atoms. The van der Waals surface area contributed by atoms with Crippen LogP contribution < -0.4 is 5.32 Å². The van der Waals surface area contributed by atoms with Gasteiger partial charge in [-0.25, -0.2) is 0 Å². The molecule has 0 spiro atoms. The first-order valence-electron chi connectivity index (χ1n) is 7.05. The number of carbonyl (C=O) groups excluding carboxylic acids is 2. The minimum atomic E-state index is -0.798. The van der Waals surface area contributed by atoms with Gasteiger partial charge in [0.1, 0.15) is 11.6 Å². The Morgan fingerprint density at radius 2 is 1.95 bits per heavy atom. The van der Waals surface area contributed by atoms with Crippen molar-refractivity contribution in [2.45, 2.75) is 31.8 Å². The number of benzene rings is 1. The standard InChI is InChI=1S/C16H19N3O2/c1-16(2)15(21)18-13(14(20)19(16)3)8-10-9-17-12-7-5-4-6-11(10)12/h4-7,9,13,17H,8H2,1-3H3,(H,18,21). The molecule has 1 aliphatic rings. The maximum atomic E-state index is 12.4. The smallest absolute Gasteiger partial charge is 0.246 e. The zero-order valence-corrected chi connectivity index (χ0v) is 12.4. The highest BCUT2D eigenvalue weighted by Gasteiger charge is 2.44. The van der Waals surface area contributed by atoms with Crippen LogP contribution in [0.1, 0.15) is 19.4 Å². The molecule has 5 nitrogen and oxygen atoms in total. The van der Waals surface area contributed by atoms with Crippen LogP contribution in [0, 0.1) is 0 Å². The monoisotopic (exact) mass is 285 g/mol. The van der Waals surface area contributed by atoms with Gasteiger partial charge >= 0.3 is 0 Å². The molecule has 0 saturated carbocycles. The number of likely N-dealkylation sites (N-methyl/N-ethyl adjacent to an activating group) is 1. The molecule has 3 rings (SSSR count). The van der Waals surface area contributed by atoms with Crippen molar-refractivity contribution in [1.82, 2.24) is 15.2 Å². The Hall–Kier alpha value is -2.30. The minimum Gasteiger partial charge on any atom is -0.361 e. The van der Waals surface area contributed by atoms with Crippen LogP contribution in [0.3, 0.4) is 0 Å². The lowest BCUT2D eigenvalue weighted by Gasteiger charge is -2.42. The first-order valence-corrected chi connectivity index (χ1v) is 7.05. The second kappa shape index (κ2) is 4.62. The fourth-order valence-corrected chi connectivity index (χ4v) is 2.72. The van der Waals surface area contributed by atoms with E-state index in [1.165, 1.54) is 4.90 Å². The SMILES string of the molecule is CN1C(=O)C(Cc2c[nH]c3ccccc23)NC(=O)C1(C)C. The summed E-state index contributed by atoms with van der Waals surface area (Å²) in [7, 11) is 1.68. The Bertz CT molecular complexity index is 717. The van der Waals surface area contributed by atoms with E-state index in [4.69, 9.17) is 0 Å². The number of hydrogen-bond acceptors (Lipinski definition) is 2. The van der Waals surface area contributed by atoms with Gasteiger partial charge in [0.2, 0.25) is 11.8 Å². The summed E-state index contributed by atoms with van der Waals surface area (Å²) >= 11 is 0. The molecule has 110 valence electrons. The summed E-state index contributed by atoms with van der Waals surface area (Å²) in [6.07, 6.45) is 2.40. The zero-order chi connectivity index (χ0) is 15.2. The molecule has 1 aromatic heterocycles. The molecule has 5 heteroatoms. The number of carbonyl (C=O) groups is 2. The Labute approximate surface area is 123 Å². The molecule has 2 amide bonds. The third-order valence-electron chi connectivity index (χ3n) is 4.43. The molecule has 1 unspecified atom stereocenters. The summed E-state index contributed by atoms with van der Waals surface area (Å²) in [5.41, 5.74) is 1.28. The van der Waals surface area contributed by atoms with Gasteiger partial charge in [-0.15, -0.1) is 0 Å². The molecule has 1 atom stereocenters. The van der Waals surface area contributed by atoms with Crippen LogP contribution in [0.5, 0.6) is 0 Å². The van der Waals surface area contributed by atoms with Gasteiger partial charge in [0, 0.05) is 30.6 Å². The number of rotatable bonds is 2. The molecule has 1 aliphatic heterocycles. The van der Waals surface area contributed by atoms with Gasteiger partial charge < -0.3 is 15.2 Å². The second-order valence-corrected chi connectivity index (χ2v) is 6.05. The molecule has 0 aliphatic carbocycles. The first-order chi connectivity index (χ1) is 9.91. The second-order valence-electron chi connectivity index (χ2n) is 6.05. The van der Waals surface area contributed by atoms with E-state index in [2.05, 4.69) is 10.3 Å². The fraction of sp³-hybridized carbons (Fsp3) is 0.375. The van der Waals surface area contributed by atoms with Crippen molar-refractivity contribution in [3.05, 3.63) is 36.0 Å². The van der Waals surface area contributed by atoms with E-state index in [-0.39, 0.29) is 11.8 Å². The van der Waals surface area contributed by atoms with E-state index in [9.17, 15) is 9.59 Å². The van der Waals surface area contributed by atoms with Crippen molar-refractivity contribution in [2.24, 2.45) is 0 Å². The molecule has 1 aromatic carbocycles. The lowest BCUT2D eigenvalue weighted by atomic mass is 9.94. The van der Waals surface area contributed by atoms with E-state index >= 15 is 0 Å². The lowest BCUT2D eigenvalue weighted by molar-refractivity contribution is -0.153. The number of para-hydroxylation sites is 1. The van der Waals surface area contributed by atoms with Crippen LogP contribution >= 0.6 is 0 Å². The fourth-order valence-electron chi connectivity index (χ4n) is 2.72. The third-order valence-corrected chi connectivity index (χ3v) is 4.43. The van der Waals surface area contributed by atoms with Crippen molar-refractivity contribution < 1.29 is 9.59 Å². The predicted octanol–water partition coefficient (Wildman–Crippen LogP) is 1.45. The van der Waals surface area contributed by atoms with E-state index in [0.717, 1.165) is 16.5 Å². The number of aromatic nitrogens is 1. The summed E-state index contributed by atoms with van der Waals surface area (Å²) < 4.78 is 0. The molecule has 2 aromatic rings. The maximum Gasteiger partial charge on any atom is 0.246 e. The van der Waals surface area contributed by atoms with E-state index in [1.54, 1.807) is 20.9 Å². The van der Waals surface area contributed by atoms with Crippen LogP contribution in [0.4, 0.5) is 0 Å². The number of nitrogens with one attached hydrogen (secondary N) is 2. The highest BCUT2D eigenvalue weighted by atomic mass is 16.2. The van der Waals surface area contributed by atoms with Crippen molar-refractivity contribution in [3.8, 4) is 0 Å². The van der Waals surface area contributed by atoms with Gasteiger partial charge in [0.25, 0.3) is 0 Å². The number of aromatic amines is 1. The number of amides is 2. The molecule has 1 fully saturated rings. The Balaban J connectivity index is 1.88. The van der Waals surface area contributed by atoms with Gasteiger partial charge in [0.15, 0.2) is 0 Å². The van der Waals surface area contributed by atoms with E-state index in [0.29, 0.717) is 6.42 Å². The van der Waals surface area contributed by atoms with Crippen LogP contribution in [-0.2, 0) is 16.0 Å². The van der Waals surface area contributed by atoms with Crippen molar-refractivity contribution in [1.29, 1.82) is 0 Å². The van der Waals surface area contributed by atoms with Crippen LogP contribution in [-0.4, -0.2) is 40.3 Å². The molecule has 2 heterocycles. The molecular formula is C16H19N3O2. The first kappa shape index (κ1) is 13.7. The number of hydrogen-bond donors (Lipinski definition) is 2. The molecule has 1 saturated heterocycles. The number of piperazine rings is 1. The molecular weight excluding hydrogens is 266 g/mol. The van der Waals surface area contributed by atoms with Gasteiger partial charge in [-0.1, -0.05) is 18.2 Å². The number of fused-ring (bicyclic) bond motifs is 1. The highest BCUT2D eigenvalue weighted by Crippen LogP contribution is 2.23. The average Bonchev–Trinajstić information content (AvgIpc) is 2.87. The zero-order valence-electron chi connectivity index (χ0n) is 12.4. The topological polar surface area (TPSA) is 65.2 Å². The van der Waals surface area contributed by atoms with Crippen LogP contribution in [0.2, 0.25) is 0 Å². The summed E-state index contributed by atoms with van der Waals surface area (Å²) in [4.78, 5) is 29.3. The molecule has 21 heavy (non-hydrogen) atoms. The third kappa shape index (κ3) is 2.09.